The van der Waals surface area contributed by atoms with Gasteiger partial charge in [0.15, 0.2) is 11.5 Å². The number of halogens is 2. The van der Waals surface area contributed by atoms with E-state index in [0.29, 0.717) is 0 Å². The van der Waals surface area contributed by atoms with E-state index >= 15 is 0 Å². The number of ether oxygens (including phenoxy) is 3. The molecular weight excluding hydrogens is 284 g/mol. The van der Waals surface area contributed by atoms with Crippen LogP contribution in [0.25, 0.3) is 0 Å². The Bertz CT molecular complexity index is 512. The second-order valence-electron chi connectivity index (χ2n) is 5.31. The van der Waals surface area contributed by atoms with Gasteiger partial charge in [-0.05, 0) is 39.0 Å². The number of hydrogen-bond donors (Lipinski definition) is 1. The quantitative estimate of drug-likeness (QED) is 0.847. The van der Waals surface area contributed by atoms with Crippen molar-refractivity contribution in [1.82, 2.24) is 0 Å². The zero-order valence-corrected chi connectivity index (χ0v) is 12.4. The third kappa shape index (κ3) is 5.18. The van der Waals surface area contributed by atoms with Gasteiger partial charge in [0, 0.05) is 0 Å². The van der Waals surface area contributed by atoms with Gasteiger partial charge in [0.25, 0.3) is 0 Å². The summed E-state index contributed by atoms with van der Waals surface area (Å²) in [5.74, 6) is -0.801. The SMILES string of the molecule is COc1cc(C(=O)OC(C)(C)C)ccc1OC(F)(F)CN. The molecule has 0 unspecified atom stereocenters. The molecule has 0 aliphatic rings. The predicted octanol–water partition coefficient (Wildman–Crippen LogP) is 2.58. The lowest BCUT2D eigenvalue weighted by Crippen LogP contribution is -2.34. The van der Waals surface area contributed by atoms with Crippen LogP contribution in [0.4, 0.5) is 8.78 Å². The van der Waals surface area contributed by atoms with Gasteiger partial charge in [-0.2, -0.15) is 8.78 Å². The van der Waals surface area contributed by atoms with E-state index in [1.807, 2.05) is 0 Å². The normalized spacial score (nSPS) is 12.0. The second-order valence-corrected chi connectivity index (χ2v) is 5.31. The molecule has 0 radical (unpaired) electrons. The molecule has 7 heteroatoms. The van der Waals surface area contributed by atoms with E-state index in [1.54, 1.807) is 20.8 Å². The Morgan fingerprint density at radius 3 is 2.33 bits per heavy atom. The summed E-state index contributed by atoms with van der Waals surface area (Å²) in [6.07, 6.45) is -3.51. The standard InChI is InChI=1S/C14H19F2NO4/c1-13(2,3)21-12(18)9-5-6-10(11(7-9)19-4)20-14(15,16)8-17/h5-7H,8,17H2,1-4H3. The molecule has 5 nitrogen and oxygen atoms in total. The monoisotopic (exact) mass is 303 g/mol. The van der Waals surface area contributed by atoms with Gasteiger partial charge in [-0.15, -0.1) is 0 Å². The Balaban J connectivity index is 3.01. The molecule has 1 aromatic carbocycles. The van der Waals surface area contributed by atoms with Crippen molar-refractivity contribution in [2.75, 3.05) is 13.7 Å². The number of carbonyl (C=O) groups is 1. The Hall–Kier alpha value is -1.89. The first-order valence-electron chi connectivity index (χ1n) is 6.26. The lowest BCUT2D eigenvalue weighted by atomic mass is 10.1. The number of rotatable bonds is 5. The van der Waals surface area contributed by atoms with E-state index in [1.165, 1.54) is 25.3 Å². The van der Waals surface area contributed by atoms with Crippen molar-refractivity contribution in [1.29, 1.82) is 0 Å². The Morgan fingerprint density at radius 2 is 1.86 bits per heavy atom. The minimum atomic E-state index is -3.51. The molecule has 0 spiro atoms. The molecule has 118 valence electrons. The Morgan fingerprint density at radius 1 is 1.24 bits per heavy atom. The van der Waals surface area contributed by atoms with Crippen molar-refractivity contribution in [2.45, 2.75) is 32.5 Å². The van der Waals surface area contributed by atoms with E-state index in [2.05, 4.69) is 4.74 Å². The minimum Gasteiger partial charge on any atom is -0.493 e. The second kappa shape index (κ2) is 6.26. The predicted molar refractivity (Wildman–Crippen MR) is 72.8 cm³/mol. The molecule has 0 aliphatic carbocycles. The van der Waals surface area contributed by atoms with Gasteiger partial charge < -0.3 is 19.9 Å². The summed E-state index contributed by atoms with van der Waals surface area (Å²) in [4.78, 5) is 11.9. The molecule has 0 amide bonds. The molecule has 0 aliphatic heterocycles. The average Bonchev–Trinajstić information content (AvgIpc) is 2.36. The smallest absolute Gasteiger partial charge is 0.410 e. The van der Waals surface area contributed by atoms with E-state index in [4.69, 9.17) is 15.2 Å². The highest BCUT2D eigenvalue weighted by molar-refractivity contribution is 5.90. The maximum absolute atomic E-state index is 13.1. The molecule has 0 saturated heterocycles. The largest absolute Gasteiger partial charge is 0.493 e. The van der Waals surface area contributed by atoms with Crippen LogP contribution in [-0.4, -0.2) is 31.3 Å². The third-order valence-electron chi connectivity index (χ3n) is 2.30. The molecule has 0 heterocycles. The zero-order valence-electron chi connectivity index (χ0n) is 12.4. The fourth-order valence-electron chi connectivity index (χ4n) is 1.42. The first kappa shape index (κ1) is 17.2. The van der Waals surface area contributed by atoms with Gasteiger partial charge in [0.05, 0.1) is 19.2 Å². The van der Waals surface area contributed by atoms with Gasteiger partial charge in [-0.1, -0.05) is 0 Å². The van der Waals surface area contributed by atoms with Gasteiger partial charge in [0.2, 0.25) is 0 Å². The number of nitrogens with two attached hydrogens (primary N) is 1. The summed E-state index contributed by atoms with van der Waals surface area (Å²) in [6.45, 7) is 4.20. The van der Waals surface area contributed by atoms with E-state index in [-0.39, 0.29) is 17.1 Å². The number of carbonyl (C=O) groups excluding carboxylic acids is 1. The highest BCUT2D eigenvalue weighted by Gasteiger charge is 2.31. The van der Waals surface area contributed by atoms with Crippen LogP contribution in [0.2, 0.25) is 0 Å². The summed E-state index contributed by atoms with van der Waals surface area (Å²) >= 11 is 0. The fourth-order valence-corrected chi connectivity index (χ4v) is 1.42. The van der Waals surface area contributed by atoms with Crippen LogP contribution >= 0.6 is 0 Å². The summed E-state index contributed by atoms with van der Waals surface area (Å²) in [5, 5.41) is 0. The third-order valence-corrected chi connectivity index (χ3v) is 2.30. The number of methoxy groups -OCH3 is 1. The molecule has 0 saturated carbocycles. The maximum atomic E-state index is 13.1. The maximum Gasteiger partial charge on any atom is 0.410 e. The van der Waals surface area contributed by atoms with Crippen LogP contribution in [0.5, 0.6) is 11.5 Å². The van der Waals surface area contributed by atoms with Crippen LogP contribution < -0.4 is 15.2 Å². The molecule has 0 fully saturated rings. The number of hydrogen-bond acceptors (Lipinski definition) is 5. The topological polar surface area (TPSA) is 70.8 Å². The lowest BCUT2D eigenvalue weighted by Gasteiger charge is -2.21. The highest BCUT2D eigenvalue weighted by Crippen LogP contribution is 2.32. The summed E-state index contributed by atoms with van der Waals surface area (Å²) in [5.41, 5.74) is 4.41. The molecule has 0 bridgehead atoms. The van der Waals surface area contributed by atoms with Gasteiger partial charge >= 0.3 is 12.1 Å². The van der Waals surface area contributed by atoms with Crippen molar-refractivity contribution in [2.24, 2.45) is 5.73 Å². The van der Waals surface area contributed by atoms with Gasteiger partial charge in [-0.25, -0.2) is 4.79 Å². The first-order valence-corrected chi connectivity index (χ1v) is 6.26. The van der Waals surface area contributed by atoms with Gasteiger partial charge in [0.1, 0.15) is 5.60 Å². The molecule has 2 N–H and O–H groups in total. The van der Waals surface area contributed by atoms with Gasteiger partial charge in [-0.3, -0.25) is 0 Å². The zero-order chi connectivity index (χ0) is 16.3. The van der Waals surface area contributed by atoms with Crippen LogP contribution in [0, 0.1) is 0 Å². The molecule has 21 heavy (non-hydrogen) atoms. The highest BCUT2D eigenvalue weighted by atomic mass is 19.3. The molecular formula is C14H19F2NO4. The van der Waals surface area contributed by atoms with Crippen molar-refractivity contribution >= 4 is 5.97 Å². The van der Waals surface area contributed by atoms with Crippen LogP contribution in [0.15, 0.2) is 18.2 Å². The number of benzene rings is 1. The van der Waals surface area contributed by atoms with Crippen molar-refractivity contribution in [3.05, 3.63) is 23.8 Å². The Kier molecular flexibility index (Phi) is 5.11. The Labute approximate surface area is 122 Å². The molecule has 1 rings (SSSR count). The number of alkyl halides is 2. The molecule has 1 aromatic rings. The van der Waals surface area contributed by atoms with E-state index in [9.17, 15) is 13.6 Å². The van der Waals surface area contributed by atoms with E-state index < -0.39 is 24.2 Å². The fraction of sp³-hybridized carbons (Fsp3) is 0.500. The van der Waals surface area contributed by atoms with Crippen molar-refractivity contribution in [3.63, 3.8) is 0 Å². The van der Waals surface area contributed by atoms with Crippen molar-refractivity contribution < 1.29 is 27.8 Å². The van der Waals surface area contributed by atoms with Crippen LogP contribution in [0.1, 0.15) is 31.1 Å². The van der Waals surface area contributed by atoms with Crippen LogP contribution in [0.3, 0.4) is 0 Å². The summed E-state index contributed by atoms with van der Waals surface area (Å²) in [7, 11) is 1.28. The molecule has 0 atom stereocenters. The van der Waals surface area contributed by atoms with E-state index in [0.717, 1.165) is 0 Å². The first-order chi connectivity index (χ1) is 9.58. The lowest BCUT2D eigenvalue weighted by molar-refractivity contribution is -0.167. The average molecular weight is 303 g/mol. The summed E-state index contributed by atoms with van der Waals surface area (Å²) < 4.78 is 40.9. The van der Waals surface area contributed by atoms with Crippen molar-refractivity contribution in [3.8, 4) is 11.5 Å². The summed E-state index contributed by atoms with van der Waals surface area (Å²) in [6, 6.07) is 3.80. The molecule has 0 aromatic heterocycles. The van der Waals surface area contributed by atoms with Crippen LogP contribution in [-0.2, 0) is 4.74 Å². The number of esters is 1. The minimum absolute atomic E-state index is 0.00789.